The van der Waals surface area contributed by atoms with Crippen molar-refractivity contribution in [1.29, 1.82) is 0 Å². The second-order valence-corrected chi connectivity index (χ2v) is 5.05. The molecule has 1 saturated carbocycles. The second-order valence-electron chi connectivity index (χ2n) is 5.05. The first-order valence-electron chi connectivity index (χ1n) is 6.76. The standard InChI is InChI=1S/C13H16F3N3O3/c14-13(15,16)8-18-5-1-2-10(11(18)21)17-12(22)19(6-7-20)9-3-4-9/h1-2,5,9,20H,3-4,6-8H2,(H,17,22). The highest BCUT2D eigenvalue weighted by molar-refractivity contribution is 5.89. The molecule has 0 aromatic carbocycles. The van der Waals surface area contributed by atoms with E-state index in [4.69, 9.17) is 5.11 Å². The Labute approximate surface area is 124 Å². The third-order valence-corrected chi connectivity index (χ3v) is 3.20. The number of nitrogens with zero attached hydrogens (tertiary/aromatic N) is 2. The van der Waals surface area contributed by atoms with Crippen molar-refractivity contribution in [3.05, 3.63) is 28.7 Å². The topological polar surface area (TPSA) is 74.6 Å². The number of aromatic nitrogens is 1. The molecule has 2 rings (SSSR count). The van der Waals surface area contributed by atoms with E-state index in [-0.39, 0.29) is 24.9 Å². The van der Waals surface area contributed by atoms with Gasteiger partial charge in [0.05, 0.1) is 6.61 Å². The number of urea groups is 1. The Morgan fingerprint density at radius 2 is 2.14 bits per heavy atom. The number of hydrogen-bond donors (Lipinski definition) is 2. The summed E-state index contributed by atoms with van der Waals surface area (Å²) in [5, 5.41) is 11.3. The minimum absolute atomic E-state index is 0.00765. The Bertz CT molecular complexity index is 596. The van der Waals surface area contributed by atoms with Gasteiger partial charge in [0, 0.05) is 18.8 Å². The Kier molecular flexibility index (Phi) is 4.74. The monoisotopic (exact) mass is 319 g/mol. The highest BCUT2D eigenvalue weighted by Crippen LogP contribution is 2.27. The Balaban J connectivity index is 2.14. The van der Waals surface area contributed by atoms with Gasteiger partial charge in [-0.25, -0.2) is 4.79 Å². The number of carbonyl (C=O) groups excluding carboxylic acids is 1. The number of alkyl halides is 3. The van der Waals surface area contributed by atoms with Crippen molar-refractivity contribution < 1.29 is 23.1 Å². The molecular formula is C13H16F3N3O3. The van der Waals surface area contributed by atoms with E-state index in [1.54, 1.807) is 0 Å². The molecule has 2 N–H and O–H groups in total. The fourth-order valence-electron chi connectivity index (χ4n) is 2.08. The number of nitrogens with one attached hydrogen (secondary N) is 1. The summed E-state index contributed by atoms with van der Waals surface area (Å²) in [5.41, 5.74) is -1.15. The summed E-state index contributed by atoms with van der Waals surface area (Å²) in [6.07, 6.45) is -1.90. The zero-order valence-corrected chi connectivity index (χ0v) is 11.6. The van der Waals surface area contributed by atoms with Gasteiger partial charge in [-0.3, -0.25) is 4.79 Å². The summed E-state index contributed by atoms with van der Waals surface area (Å²) >= 11 is 0. The van der Waals surface area contributed by atoms with Crippen molar-refractivity contribution in [2.75, 3.05) is 18.5 Å². The van der Waals surface area contributed by atoms with Crippen molar-refractivity contribution in [2.45, 2.75) is 31.6 Å². The number of carbonyl (C=O) groups is 1. The molecule has 0 unspecified atom stereocenters. The van der Waals surface area contributed by atoms with Gasteiger partial charge in [-0.05, 0) is 25.0 Å². The molecule has 0 atom stereocenters. The highest BCUT2D eigenvalue weighted by Gasteiger charge is 2.33. The Morgan fingerprint density at radius 3 is 2.68 bits per heavy atom. The number of halogens is 3. The lowest BCUT2D eigenvalue weighted by molar-refractivity contribution is -0.141. The summed E-state index contributed by atoms with van der Waals surface area (Å²) in [7, 11) is 0. The maximum atomic E-state index is 12.4. The van der Waals surface area contributed by atoms with Gasteiger partial charge in [0.2, 0.25) is 0 Å². The van der Waals surface area contributed by atoms with Gasteiger partial charge in [0.15, 0.2) is 0 Å². The molecule has 9 heteroatoms. The van der Waals surface area contributed by atoms with Crippen LogP contribution in [0.4, 0.5) is 23.7 Å². The minimum Gasteiger partial charge on any atom is -0.395 e. The number of anilines is 1. The fraction of sp³-hybridized carbons (Fsp3) is 0.538. The molecular weight excluding hydrogens is 303 g/mol. The first kappa shape index (κ1) is 16.3. The lowest BCUT2D eigenvalue weighted by Gasteiger charge is -2.21. The van der Waals surface area contributed by atoms with Crippen LogP contribution in [0, 0.1) is 0 Å². The zero-order valence-electron chi connectivity index (χ0n) is 11.6. The van der Waals surface area contributed by atoms with E-state index < -0.39 is 24.3 Å². The van der Waals surface area contributed by atoms with E-state index in [0.29, 0.717) is 4.57 Å². The van der Waals surface area contributed by atoms with Crippen molar-refractivity contribution in [3.63, 3.8) is 0 Å². The van der Waals surface area contributed by atoms with Crippen molar-refractivity contribution in [1.82, 2.24) is 9.47 Å². The van der Waals surface area contributed by atoms with Gasteiger partial charge >= 0.3 is 12.2 Å². The molecule has 0 saturated heterocycles. The van der Waals surface area contributed by atoms with E-state index in [1.165, 1.54) is 17.0 Å². The highest BCUT2D eigenvalue weighted by atomic mass is 19.4. The third kappa shape index (κ3) is 4.23. The van der Waals surface area contributed by atoms with E-state index in [9.17, 15) is 22.8 Å². The van der Waals surface area contributed by atoms with Crippen LogP contribution in [0.3, 0.4) is 0 Å². The molecule has 0 aliphatic heterocycles. The van der Waals surface area contributed by atoms with Crippen molar-refractivity contribution in [2.24, 2.45) is 0 Å². The molecule has 1 heterocycles. The summed E-state index contributed by atoms with van der Waals surface area (Å²) in [6.45, 7) is -1.53. The van der Waals surface area contributed by atoms with Gasteiger partial charge in [0.25, 0.3) is 5.56 Å². The smallest absolute Gasteiger partial charge is 0.395 e. The van der Waals surface area contributed by atoms with Crippen LogP contribution in [-0.2, 0) is 6.54 Å². The number of aliphatic hydroxyl groups is 1. The first-order chi connectivity index (χ1) is 10.3. The summed E-state index contributed by atoms with van der Waals surface area (Å²) in [5.74, 6) is 0. The SMILES string of the molecule is O=C(Nc1cccn(CC(F)(F)F)c1=O)N(CCO)C1CC1. The number of pyridine rings is 1. The second kappa shape index (κ2) is 6.39. The molecule has 122 valence electrons. The van der Waals surface area contributed by atoms with Crippen molar-refractivity contribution in [3.8, 4) is 0 Å². The quantitative estimate of drug-likeness (QED) is 0.861. The summed E-state index contributed by atoms with van der Waals surface area (Å²) in [6, 6.07) is 1.92. The van der Waals surface area contributed by atoms with Crippen LogP contribution in [-0.4, -0.2) is 46.0 Å². The molecule has 1 aromatic heterocycles. The molecule has 22 heavy (non-hydrogen) atoms. The average molecular weight is 319 g/mol. The molecule has 6 nitrogen and oxygen atoms in total. The number of hydrogen-bond acceptors (Lipinski definition) is 3. The molecule has 1 aliphatic rings. The van der Waals surface area contributed by atoms with Gasteiger partial charge in [-0.15, -0.1) is 0 Å². The first-order valence-corrected chi connectivity index (χ1v) is 6.76. The maximum absolute atomic E-state index is 12.4. The van der Waals surface area contributed by atoms with Crippen molar-refractivity contribution >= 4 is 11.7 Å². The van der Waals surface area contributed by atoms with E-state index >= 15 is 0 Å². The van der Waals surface area contributed by atoms with Crippen LogP contribution in [0.2, 0.25) is 0 Å². The van der Waals surface area contributed by atoms with E-state index in [2.05, 4.69) is 5.32 Å². The van der Waals surface area contributed by atoms with Crippen LogP contribution >= 0.6 is 0 Å². The molecule has 0 spiro atoms. The fourth-order valence-corrected chi connectivity index (χ4v) is 2.08. The predicted octanol–water partition coefficient (Wildman–Crippen LogP) is 1.40. The molecule has 0 radical (unpaired) electrons. The third-order valence-electron chi connectivity index (χ3n) is 3.20. The van der Waals surface area contributed by atoms with Crippen LogP contribution < -0.4 is 10.9 Å². The van der Waals surface area contributed by atoms with E-state index in [0.717, 1.165) is 19.0 Å². The maximum Gasteiger partial charge on any atom is 0.406 e. The lowest BCUT2D eigenvalue weighted by Crippen LogP contribution is -2.40. The summed E-state index contributed by atoms with van der Waals surface area (Å²) < 4.78 is 37.6. The average Bonchev–Trinajstić information content (AvgIpc) is 3.23. The minimum atomic E-state index is -4.52. The molecule has 1 aromatic rings. The summed E-state index contributed by atoms with van der Waals surface area (Å²) in [4.78, 5) is 25.4. The molecule has 1 aliphatic carbocycles. The van der Waals surface area contributed by atoms with Gasteiger partial charge in [-0.1, -0.05) is 0 Å². The van der Waals surface area contributed by atoms with Crippen LogP contribution in [0.25, 0.3) is 0 Å². The number of rotatable bonds is 5. The molecule has 1 fully saturated rings. The largest absolute Gasteiger partial charge is 0.406 e. The number of aliphatic hydroxyl groups excluding tert-OH is 1. The van der Waals surface area contributed by atoms with Crippen LogP contribution in [0.5, 0.6) is 0 Å². The Morgan fingerprint density at radius 1 is 1.45 bits per heavy atom. The normalized spacial score (nSPS) is 14.7. The van der Waals surface area contributed by atoms with E-state index in [1.807, 2.05) is 0 Å². The predicted molar refractivity (Wildman–Crippen MR) is 72.6 cm³/mol. The van der Waals surface area contributed by atoms with Gasteiger partial charge in [0.1, 0.15) is 12.2 Å². The van der Waals surface area contributed by atoms with Crippen LogP contribution in [0.1, 0.15) is 12.8 Å². The lowest BCUT2D eigenvalue weighted by atomic mass is 10.4. The van der Waals surface area contributed by atoms with Gasteiger partial charge < -0.3 is 19.9 Å². The zero-order chi connectivity index (χ0) is 16.3. The van der Waals surface area contributed by atoms with Crippen LogP contribution in [0.15, 0.2) is 23.1 Å². The number of amides is 2. The Hall–Kier alpha value is -2.03. The molecule has 2 amide bonds. The molecule has 0 bridgehead atoms. The van der Waals surface area contributed by atoms with Gasteiger partial charge in [-0.2, -0.15) is 13.2 Å².